The number of ether oxygens (including phenoxy) is 1. The van der Waals surface area contributed by atoms with E-state index in [1.807, 2.05) is 0 Å². The minimum atomic E-state index is -0.282. The molecular formula is C15H22FNO2. The first-order chi connectivity index (χ1) is 9.13. The van der Waals surface area contributed by atoms with Crippen molar-refractivity contribution in [2.24, 2.45) is 0 Å². The van der Waals surface area contributed by atoms with Gasteiger partial charge in [-0.05, 0) is 30.7 Å². The van der Waals surface area contributed by atoms with Gasteiger partial charge in [0.25, 0.3) is 0 Å². The third-order valence-corrected chi connectivity index (χ3v) is 2.93. The number of nitrogens with zero attached hydrogens (tertiary/aromatic N) is 1. The molecule has 0 aliphatic rings. The van der Waals surface area contributed by atoms with Crippen molar-refractivity contribution in [1.82, 2.24) is 4.90 Å². The quantitative estimate of drug-likeness (QED) is 0.677. The van der Waals surface area contributed by atoms with Gasteiger partial charge in [-0.15, -0.1) is 0 Å². The lowest BCUT2D eigenvalue weighted by Gasteiger charge is -2.17. The molecule has 0 fully saturated rings. The number of benzene rings is 1. The smallest absolute Gasteiger partial charge is 0.222 e. The van der Waals surface area contributed by atoms with Crippen LogP contribution in [0.4, 0.5) is 4.39 Å². The van der Waals surface area contributed by atoms with E-state index in [2.05, 4.69) is 6.92 Å². The molecular weight excluding hydrogens is 245 g/mol. The first-order valence-corrected chi connectivity index (χ1v) is 6.75. The van der Waals surface area contributed by atoms with Crippen molar-refractivity contribution in [2.75, 3.05) is 20.2 Å². The van der Waals surface area contributed by atoms with E-state index in [9.17, 15) is 9.18 Å². The SMILES string of the molecule is CCCCCC(=O)N(C)CCOc1ccc(F)cc1. The second kappa shape index (κ2) is 8.51. The van der Waals surface area contributed by atoms with Gasteiger partial charge in [-0.25, -0.2) is 4.39 Å². The van der Waals surface area contributed by atoms with Gasteiger partial charge in [0, 0.05) is 13.5 Å². The number of halogens is 1. The second-order valence-corrected chi connectivity index (χ2v) is 4.57. The molecule has 0 aromatic heterocycles. The second-order valence-electron chi connectivity index (χ2n) is 4.57. The van der Waals surface area contributed by atoms with E-state index >= 15 is 0 Å². The van der Waals surface area contributed by atoms with Crippen molar-refractivity contribution >= 4 is 5.91 Å². The Morgan fingerprint density at radius 3 is 2.58 bits per heavy atom. The molecule has 1 aromatic rings. The number of unbranched alkanes of at least 4 members (excludes halogenated alkanes) is 2. The summed E-state index contributed by atoms with van der Waals surface area (Å²) < 4.78 is 18.1. The molecule has 0 unspecified atom stereocenters. The van der Waals surface area contributed by atoms with Crippen molar-refractivity contribution in [2.45, 2.75) is 32.6 Å². The van der Waals surface area contributed by atoms with Gasteiger partial charge in [-0.2, -0.15) is 0 Å². The van der Waals surface area contributed by atoms with E-state index < -0.39 is 0 Å². The summed E-state index contributed by atoms with van der Waals surface area (Å²) in [5.74, 6) is 0.486. The molecule has 0 spiro atoms. The average molecular weight is 267 g/mol. The van der Waals surface area contributed by atoms with Crippen molar-refractivity contribution in [3.63, 3.8) is 0 Å². The van der Waals surface area contributed by atoms with E-state index in [1.165, 1.54) is 12.1 Å². The molecule has 0 heterocycles. The van der Waals surface area contributed by atoms with Crippen LogP contribution in [0.3, 0.4) is 0 Å². The van der Waals surface area contributed by atoms with Crippen molar-refractivity contribution in [3.05, 3.63) is 30.1 Å². The molecule has 19 heavy (non-hydrogen) atoms. The molecule has 0 atom stereocenters. The molecule has 0 aliphatic carbocycles. The van der Waals surface area contributed by atoms with E-state index in [4.69, 9.17) is 4.74 Å². The van der Waals surface area contributed by atoms with E-state index in [-0.39, 0.29) is 11.7 Å². The van der Waals surface area contributed by atoms with Crippen molar-refractivity contribution < 1.29 is 13.9 Å². The summed E-state index contributed by atoms with van der Waals surface area (Å²) in [6.45, 7) is 3.08. The molecule has 0 saturated carbocycles. The van der Waals surface area contributed by atoms with Crippen LogP contribution in [0.15, 0.2) is 24.3 Å². The maximum Gasteiger partial charge on any atom is 0.222 e. The van der Waals surface area contributed by atoms with Crippen LogP contribution in [0.2, 0.25) is 0 Å². The highest BCUT2D eigenvalue weighted by Crippen LogP contribution is 2.11. The van der Waals surface area contributed by atoms with Crippen LogP contribution in [-0.2, 0) is 4.79 Å². The van der Waals surface area contributed by atoms with Crippen LogP contribution >= 0.6 is 0 Å². The zero-order chi connectivity index (χ0) is 14.1. The van der Waals surface area contributed by atoms with E-state index in [0.29, 0.717) is 25.3 Å². The van der Waals surface area contributed by atoms with Crippen molar-refractivity contribution in [3.8, 4) is 5.75 Å². The van der Waals surface area contributed by atoms with Gasteiger partial charge in [0.05, 0.1) is 6.54 Å². The fourth-order valence-corrected chi connectivity index (χ4v) is 1.67. The van der Waals surface area contributed by atoms with Gasteiger partial charge in [-0.3, -0.25) is 4.79 Å². The van der Waals surface area contributed by atoms with E-state index in [1.54, 1.807) is 24.1 Å². The Kier molecular flexibility index (Phi) is 6.93. The molecule has 3 nitrogen and oxygen atoms in total. The van der Waals surface area contributed by atoms with Gasteiger partial charge in [0.2, 0.25) is 5.91 Å². The predicted octanol–water partition coefficient (Wildman–Crippen LogP) is 3.24. The van der Waals surface area contributed by atoms with Crippen LogP contribution in [-0.4, -0.2) is 31.0 Å². The zero-order valence-electron chi connectivity index (χ0n) is 11.7. The molecule has 1 aromatic carbocycles. The topological polar surface area (TPSA) is 29.5 Å². The van der Waals surface area contributed by atoms with Crippen molar-refractivity contribution in [1.29, 1.82) is 0 Å². The number of likely N-dealkylation sites (N-methyl/N-ethyl adjacent to an activating group) is 1. The van der Waals surface area contributed by atoms with Crippen LogP contribution in [0.1, 0.15) is 32.6 Å². The molecule has 0 bridgehead atoms. The molecule has 0 aliphatic heterocycles. The van der Waals surface area contributed by atoms with Gasteiger partial charge in [0.1, 0.15) is 18.2 Å². The molecule has 1 amide bonds. The maximum atomic E-state index is 12.7. The van der Waals surface area contributed by atoms with Crippen LogP contribution in [0, 0.1) is 5.82 Å². The van der Waals surface area contributed by atoms with Gasteiger partial charge in [-0.1, -0.05) is 19.8 Å². The van der Waals surface area contributed by atoms with Crippen LogP contribution in [0.25, 0.3) is 0 Å². The minimum absolute atomic E-state index is 0.149. The van der Waals surface area contributed by atoms with Gasteiger partial charge >= 0.3 is 0 Å². The number of amides is 1. The Bertz CT molecular complexity index is 378. The minimum Gasteiger partial charge on any atom is -0.492 e. The lowest BCUT2D eigenvalue weighted by Crippen LogP contribution is -2.30. The van der Waals surface area contributed by atoms with Gasteiger partial charge in [0.15, 0.2) is 0 Å². The van der Waals surface area contributed by atoms with E-state index in [0.717, 1.165) is 19.3 Å². The first-order valence-electron chi connectivity index (χ1n) is 6.75. The Morgan fingerprint density at radius 2 is 1.95 bits per heavy atom. The molecule has 0 saturated heterocycles. The predicted molar refractivity (Wildman–Crippen MR) is 73.7 cm³/mol. The summed E-state index contributed by atoms with van der Waals surface area (Å²) in [5.41, 5.74) is 0. The Hall–Kier alpha value is -1.58. The summed E-state index contributed by atoms with van der Waals surface area (Å²) in [6.07, 6.45) is 3.75. The largest absolute Gasteiger partial charge is 0.492 e. The normalized spacial score (nSPS) is 10.3. The molecule has 0 radical (unpaired) electrons. The Labute approximate surface area is 114 Å². The number of hydrogen-bond acceptors (Lipinski definition) is 2. The lowest BCUT2D eigenvalue weighted by molar-refractivity contribution is -0.130. The first kappa shape index (κ1) is 15.5. The third-order valence-electron chi connectivity index (χ3n) is 2.93. The summed E-state index contributed by atoms with van der Waals surface area (Å²) in [5, 5.41) is 0. The monoisotopic (exact) mass is 267 g/mol. The highest BCUT2D eigenvalue weighted by molar-refractivity contribution is 5.75. The third kappa shape index (κ3) is 6.22. The fourth-order valence-electron chi connectivity index (χ4n) is 1.67. The van der Waals surface area contributed by atoms with Crippen LogP contribution in [0.5, 0.6) is 5.75 Å². The lowest BCUT2D eigenvalue weighted by atomic mass is 10.2. The van der Waals surface area contributed by atoms with Crippen LogP contribution < -0.4 is 4.74 Å². The van der Waals surface area contributed by atoms with Gasteiger partial charge < -0.3 is 9.64 Å². The maximum absolute atomic E-state index is 12.7. The summed E-state index contributed by atoms with van der Waals surface area (Å²) in [7, 11) is 1.78. The number of carbonyl (C=O) groups is 1. The Morgan fingerprint density at radius 1 is 1.26 bits per heavy atom. The standard InChI is InChI=1S/C15H22FNO2/c1-3-4-5-6-15(18)17(2)11-12-19-14-9-7-13(16)8-10-14/h7-10H,3-6,11-12H2,1-2H3. The summed E-state index contributed by atoms with van der Waals surface area (Å²) >= 11 is 0. The summed E-state index contributed by atoms with van der Waals surface area (Å²) in [4.78, 5) is 13.4. The molecule has 0 N–H and O–H groups in total. The summed E-state index contributed by atoms with van der Waals surface area (Å²) in [6, 6.07) is 5.88. The zero-order valence-corrected chi connectivity index (χ0v) is 11.7. The molecule has 106 valence electrons. The fraction of sp³-hybridized carbons (Fsp3) is 0.533. The number of rotatable bonds is 8. The molecule has 4 heteroatoms. The average Bonchev–Trinajstić information content (AvgIpc) is 2.41. The highest BCUT2D eigenvalue weighted by atomic mass is 19.1. The highest BCUT2D eigenvalue weighted by Gasteiger charge is 2.07. The molecule has 1 rings (SSSR count). The Balaban J connectivity index is 2.20. The number of hydrogen-bond donors (Lipinski definition) is 0. The number of carbonyl (C=O) groups excluding carboxylic acids is 1.